The van der Waals surface area contributed by atoms with E-state index >= 15 is 0 Å². The SMILES string of the molecule is CCOc1ccc(C(=O)NNC(=O)C2CCN(C(=O)OCC(F)(F)F)CC2)cc1OC. The van der Waals surface area contributed by atoms with Crippen molar-refractivity contribution < 1.29 is 41.8 Å². The van der Waals surface area contributed by atoms with Gasteiger partial charge >= 0.3 is 12.3 Å². The number of nitrogens with zero attached hydrogens (tertiary/aromatic N) is 1. The first-order chi connectivity index (χ1) is 14.6. The molecule has 1 aromatic rings. The normalized spacial score (nSPS) is 14.5. The van der Waals surface area contributed by atoms with Crippen LogP contribution in [0.5, 0.6) is 11.5 Å². The standard InChI is InChI=1S/C19H24F3N3O6/c1-3-30-14-5-4-13(10-15(14)29-2)17(27)24-23-16(26)12-6-8-25(9-7-12)18(28)31-11-19(20,21)22/h4-5,10,12H,3,6-9,11H2,1-2H3,(H,23,26)(H,24,27). The van der Waals surface area contributed by atoms with E-state index in [-0.39, 0.29) is 31.5 Å². The summed E-state index contributed by atoms with van der Waals surface area (Å²) in [6, 6.07) is 4.56. The summed E-state index contributed by atoms with van der Waals surface area (Å²) in [6.45, 7) is 0.717. The topological polar surface area (TPSA) is 106 Å². The Hall–Kier alpha value is -3.18. The van der Waals surface area contributed by atoms with Crippen LogP contribution < -0.4 is 20.3 Å². The van der Waals surface area contributed by atoms with E-state index in [2.05, 4.69) is 15.6 Å². The lowest BCUT2D eigenvalue weighted by Crippen LogP contribution is -2.48. The van der Waals surface area contributed by atoms with Crippen molar-refractivity contribution in [2.45, 2.75) is 25.9 Å². The Morgan fingerprint density at radius 1 is 1.13 bits per heavy atom. The van der Waals surface area contributed by atoms with Gasteiger partial charge in [-0.1, -0.05) is 0 Å². The molecule has 0 unspecified atom stereocenters. The van der Waals surface area contributed by atoms with Crippen LogP contribution >= 0.6 is 0 Å². The highest BCUT2D eigenvalue weighted by Gasteiger charge is 2.33. The van der Waals surface area contributed by atoms with E-state index in [0.717, 1.165) is 4.90 Å². The molecular formula is C19H24F3N3O6. The van der Waals surface area contributed by atoms with Gasteiger partial charge in [-0.15, -0.1) is 0 Å². The molecule has 0 bridgehead atoms. The quantitative estimate of drug-likeness (QED) is 0.648. The maximum absolute atomic E-state index is 12.3. The number of nitrogens with one attached hydrogen (secondary N) is 2. The van der Waals surface area contributed by atoms with Crippen LogP contribution in [0, 0.1) is 5.92 Å². The Labute approximate surface area is 176 Å². The summed E-state index contributed by atoms with van der Waals surface area (Å²) >= 11 is 0. The predicted molar refractivity (Wildman–Crippen MR) is 101 cm³/mol. The van der Waals surface area contributed by atoms with E-state index in [4.69, 9.17) is 9.47 Å². The number of methoxy groups -OCH3 is 1. The highest BCUT2D eigenvalue weighted by Crippen LogP contribution is 2.28. The Morgan fingerprint density at radius 2 is 1.81 bits per heavy atom. The molecule has 172 valence electrons. The van der Waals surface area contributed by atoms with Gasteiger partial charge in [-0.25, -0.2) is 4.79 Å². The number of carbonyl (C=O) groups is 3. The van der Waals surface area contributed by atoms with Crippen molar-refractivity contribution in [1.29, 1.82) is 0 Å². The number of rotatable bonds is 6. The van der Waals surface area contributed by atoms with Gasteiger partial charge < -0.3 is 19.1 Å². The number of halogens is 3. The highest BCUT2D eigenvalue weighted by atomic mass is 19.4. The Morgan fingerprint density at radius 3 is 2.39 bits per heavy atom. The maximum Gasteiger partial charge on any atom is 0.422 e. The molecule has 0 saturated carbocycles. The van der Waals surface area contributed by atoms with E-state index in [1.165, 1.54) is 19.2 Å². The summed E-state index contributed by atoms with van der Waals surface area (Å²) in [5.41, 5.74) is 4.87. The molecule has 3 amide bonds. The van der Waals surface area contributed by atoms with Crippen molar-refractivity contribution in [2.24, 2.45) is 5.92 Å². The van der Waals surface area contributed by atoms with Crippen LogP contribution in [-0.4, -0.2) is 62.4 Å². The number of piperidine rings is 1. The van der Waals surface area contributed by atoms with Gasteiger partial charge in [0.2, 0.25) is 5.91 Å². The van der Waals surface area contributed by atoms with Crippen LogP contribution in [0.2, 0.25) is 0 Å². The van der Waals surface area contributed by atoms with E-state index in [0.29, 0.717) is 18.1 Å². The van der Waals surface area contributed by atoms with Gasteiger partial charge in [0.25, 0.3) is 5.91 Å². The molecule has 9 nitrogen and oxygen atoms in total. The summed E-state index contributed by atoms with van der Waals surface area (Å²) in [5.74, 6) is -0.698. The molecule has 2 rings (SSSR count). The zero-order valence-electron chi connectivity index (χ0n) is 17.1. The summed E-state index contributed by atoms with van der Waals surface area (Å²) in [6.07, 6.45) is -5.23. The van der Waals surface area contributed by atoms with Crippen molar-refractivity contribution in [1.82, 2.24) is 15.8 Å². The lowest BCUT2D eigenvalue weighted by atomic mass is 9.96. The first kappa shape index (κ1) is 24.1. The van der Waals surface area contributed by atoms with Crippen molar-refractivity contribution in [2.75, 3.05) is 33.4 Å². The summed E-state index contributed by atoms with van der Waals surface area (Å²) in [4.78, 5) is 37.3. The minimum atomic E-state index is -4.60. The van der Waals surface area contributed by atoms with Gasteiger partial charge in [-0.3, -0.25) is 20.4 Å². The molecule has 12 heteroatoms. The minimum Gasteiger partial charge on any atom is -0.493 e. The Balaban J connectivity index is 1.80. The molecule has 1 aliphatic heterocycles. The van der Waals surface area contributed by atoms with Gasteiger partial charge in [0.15, 0.2) is 18.1 Å². The second kappa shape index (κ2) is 10.7. The van der Waals surface area contributed by atoms with Crippen LogP contribution in [0.1, 0.15) is 30.1 Å². The number of hydrogen-bond acceptors (Lipinski definition) is 6. The molecule has 0 atom stereocenters. The number of hydrogen-bond donors (Lipinski definition) is 2. The fourth-order valence-corrected chi connectivity index (χ4v) is 2.94. The van der Waals surface area contributed by atoms with Crippen LogP contribution in [-0.2, 0) is 9.53 Å². The summed E-state index contributed by atoms with van der Waals surface area (Å²) in [7, 11) is 1.44. The van der Waals surface area contributed by atoms with Crippen molar-refractivity contribution in [3.8, 4) is 11.5 Å². The molecule has 0 aliphatic carbocycles. The third kappa shape index (κ3) is 7.23. The highest BCUT2D eigenvalue weighted by molar-refractivity contribution is 5.96. The Kier molecular flexibility index (Phi) is 8.34. The molecule has 1 aliphatic rings. The number of alkyl halides is 3. The average molecular weight is 447 g/mol. The van der Waals surface area contributed by atoms with E-state index in [1.54, 1.807) is 6.07 Å². The third-order valence-electron chi connectivity index (χ3n) is 4.51. The monoisotopic (exact) mass is 447 g/mol. The van der Waals surface area contributed by atoms with E-state index < -0.39 is 36.6 Å². The van der Waals surface area contributed by atoms with Gasteiger partial charge in [0.1, 0.15) is 0 Å². The van der Waals surface area contributed by atoms with Gasteiger partial charge in [-0.05, 0) is 38.0 Å². The fourth-order valence-electron chi connectivity index (χ4n) is 2.94. The first-order valence-corrected chi connectivity index (χ1v) is 9.54. The number of benzene rings is 1. The van der Waals surface area contributed by atoms with Gasteiger partial charge in [0.05, 0.1) is 13.7 Å². The first-order valence-electron chi connectivity index (χ1n) is 9.54. The van der Waals surface area contributed by atoms with Crippen molar-refractivity contribution in [3.05, 3.63) is 23.8 Å². The third-order valence-corrected chi connectivity index (χ3v) is 4.51. The van der Waals surface area contributed by atoms with Crippen LogP contribution in [0.3, 0.4) is 0 Å². The molecule has 1 saturated heterocycles. The molecule has 0 spiro atoms. The molecule has 1 heterocycles. The van der Waals surface area contributed by atoms with Crippen LogP contribution in [0.4, 0.5) is 18.0 Å². The Bertz CT molecular complexity index is 795. The lowest BCUT2D eigenvalue weighted by Gasteiger charge is -2.30. The fraction of sp³-hybridized carbons (Fsp3) is 0.526. The summed E-state index contributed by atoms with van der Waals surface area (Å²) < 4.78 is 51.1. The zero-order chi connectivity index (χ0) is 23.0. The molecule has 0 aromatic heterocycles. The largest absolute Gasteiger partial charge is 0.493 e. The van der Waals surface area contributed by atoms with Gasteiger partial charge in [0, 0.05) is 24.6 Å². The van der Waals surface area contributed by atoms with Gasteiger partial charge in [-0.2, -0.15) is 13.2 Å². The summed E-state index contributed by atoms with van der Waals surface area (Å²) in [5, 5.41) is 0. The number of likely N-dealkylation sites (tertiary alicyclic amines) is 1. The second-order valence-electron chi connectivity index (χ2n) is 6.67. The smallest absolute Gasteiger partial charge is 0.422 e. The molecule has 2 N–H and O–H groups in total. The van der Waals surface area contributed by atoms with E-state index in [1.807, 2.05) is 6.92 Å². The number of carbonyl (C=O) groups excluding carboxylic acids is 3. The second-order valence-corrected chi connectivity index (χ2v) is 6.67. The lowest BCUT2D eigenvalue weighted by molar-refractivity contribution is -0.162. The number of amides is 3. The molecule has 0 radical (unpaired) electrons. The maximum atomic E-state index is 12.3. The molecular weight excluding hydrogens is 423 g/mol. The molecule has 1 fully saturated rings. The zero-order valence-corrected chi connectivity index (χ0v) is 17.1. The van der Waals surface area contributed by atoms with Crippen molar-refractivity contribution in [3.63, 3.8) is 0 Å². The number of hydrazine groups is 1. The van der Waals surface area contributed by atoms with Crippen molar-refractivity contribution >= 4 is 17.9 Å². The average Bonchev–Trinajstić information content (AvgIpc) is 2.75. The minimum absolute atomic E-state index is 0.0683. The van der Waals surface area contributed by atoms with E-state index in [9.17, 15) is 27.6 Å². The number of ether oxygens (including phenoxy) is 3. The molecule has 1 aromatic carbocycles. The van der Waals surface area contributed by atoms with Crippen LogP contribution in [0.15, 0.2) is 18.2 Å². The predicted octanol–water partition coefficient (Wildman–Crippen LogP) is 2.27. The molecule has 31 heavy (non-hydrogen) atoms. The van der Waals surface area contributed by atoms with Crippen LogP contribution in [0.25, 0.3) is 0 Å².